The average molecular weight is 421 g/mol. The molecule has 0 fully saturated rings. The number of carbonyl (C=O) groups is 3. The largest absolute Gasteiger partial charge is 0.483 e. The lowest BCUT2D eigenvalue weighted by molar-refractivity contribution is -0.123. The van der Waals surface area contributed by atoms with Crippen molar-refractivity contribution in [1.82, 2.24) is 15.8 Å². The molecule has 0 aliphatic heterocycles. The predicted octanol–water partition coefficient (Wildman–Crippen LogP) is 2.93. The number of esters is 1. The van der Waals surface area contributed by atoms with E-state index in [9.17, 15) is 14.4 Å². The summed E-state index contributed by atoms with van der Waals surface area (Å²) in [6.45, 7) is 2.99. The van der Waals surface area contributed by atoms with Gasteiger partial charge >= 0.3 is 5.97 Å². The highest BCUT2D eigenvalue weighted by Gasteiger charge is 2.22. The molecule has 31 heavy (non-hydrogen) atoms. The molecule has 2 aromatic carbocycles. The molecule has 2 amide bonds. The molecule has 8 nitrogen and oxygen atoms in total. The highest BCUT2D eigenvalue weighted by molar-refractivity contribution is 6.01. The molecule has 1 aromatic heterocycles. The van der Waals surface area contributed by atoms with Crippen molar-refractivity contribution in [2.24, 2.45) is 0 Å². The van der Waals surface area contributed by atoms with Gasteiger partial charge in [-0.25, -0.2) is 4.79 Å². The highest BCUT2D eigenvalue weighted by atomic mass is 16.5. The standard InChI is InChI=1S/C23H23N3O5/c1-14-20(23(29)30-3)15(2)24-21(14)22(28)26-25-19(27)13-31-18-12-8-7-11-17(18)16-9-5-4-6-10-16/h4-12,24H,13H2,1-3H3,(H,25,27)(H,26,28). The SMILES string of the molecule is COC(=O)c1c(C)[nH]c(C(=O)NNC(=O)COc2ccccc2-c2ccccc2)c1C. The number of carbonyl (C=O) groups excluding carboxylic acids is 3. The van der Waals surface area contributed by atoms with Crippen molar-refractivity contribution >= 4 is 17.8 Å². The molecule has 0 aliphatic carbocycles. The molecule has 160 valence electrons. The number of amides is 2. The van der Waals surface area contributed by atoms with E-state index in [1.165, 1.54) is 7.11 Å². The van der Waals surface area contributed by atoms with Crippen LogP contribution in [-0.2, 0) is 9.53 Å². The third-order valence-electron chi connectivity index (χ3n) is 4.70. The number of aromatic nitrogens is 1. The first kappa shape index (κ1) is 21.6. The zero-order valence-corrected chi connectivity index (χ0v) is 17.4. The van der Waals surface area contributed by atoms with Crippen LogP contribution in [0.25, 0.3) is 11.1 Å². The van der Waals surface area contributed by atoms with Crippen molar-refractivity contribution in [3.8, 4) is 16.9 Å². The molecule has 0 spiro atoms. The van der Waals surface area contributed by atoms with Gasteiger partial charge in [0, 0.05) is 11.3 Å². The Morgan fingerprint density at radius 1 is 0.935 bits per heavy atom. The maximum Gasteiger partial charge on any atom is 0.339 e. The van der Waals surface area contributed by atoms with E-state index in [1.807, 2.05) is 48.5 Å². The van der Waals surface area contributed by atoms with Gasteiger partial charge in [0.1, 0.15) is 11.4 Å². The first-order valence-corrected chi connectivity index (χ1v) is 9.56. The van der Waals surface area contributed by atoms with Crippen LogP contribution in [-0.4, -0.2) is 36.5 Å². The summed E-state index contributed by atoms with van der Waals surface area (Å²) in [6, 6.07) is 17.0. The molecule has 1 heterocycles. The Labute approximate surface area is 179 Å². The third-order valence-corrected chi connectivity index (χ3v) is 4.70. The van der Waals surface area contributed by atoms with Gasteiger partial charge in [-0.2, -0.15) is 0 Å². The van der Waals surface area contributed by atoms with Crippen LogP contribution in [0, 0.1) is 13.8 Å². The zero-order valence-electron chi connectivity index (χ0n) is 17.4. The van der Waals surface area contributed by atoms with Crippen molar-refractivity contribution in [2.75, 3.05) is 13.7 Å². The predicted molar refractivity (Wildman–Crippen MR) is 115 cm³/mol. The van der Waals surface area contributed by atoms with Gasteiger partial charge in [0.2, 0.25) is 0 Å². The molecule has 0 atom stereocenters. The van der Waals surface area contributed by atoms with Crippen LogP contribution in [0.4, 0.5) is 0 Å². The molecule has 0 saturated heterocycles. The minimum Gasteiger partial charge on any atom is -0.483 e. The Hall–Kier alpha value is -4.07. The van der Waals surface area contributed by atoms with Crippen LogP contribution in [0.5, 0.6) is 5.75 Å². The number of para-hydroxylation sites is 1. The molecular weight excluding hydrogens is 398 g/mol. The summed E-state index contributed by atoms with van der Waals surface area (Å²) in [7, 11) is 1.27. The van der Waals surface area contributed by atoms with Crippen LogP contribution in [0.2, 0.25) is 0 Å². The number of aryl methyl sites for hydroxylation is 1. The van der Waals surface area contributed by atoms with E-state index in [1.54, 1.807) is 19.9 Å². The van der Waals surface area contributed by atoms with Gasteiger partial charge in [0.05, 0.1) is 12.7 Å². The second-order valence-electron chi connectivity index (χ2n) is 6.77. The number of ether oxygens (including phenoxy) is 2. The van der Waals surface area contributed by atoms with Crippen LogP contribution in [0.15, 0.2) is 54.6 Å². The van der Waals surface area contributed by atoms with E-state index in [0.29, 0.717) is 22.6 Å². The van der Waals surface area contributed by atoms with Gasteiger partial charge in [-0.15, -0.1) is 0 Å². The van der Waals surface area contributed by atoms with Crippen LogP contribution >= 0.6 is 0 Å². The number of aromatic amines is 1. The number of hydrazine groups is 1. The van der Waals surface area contributed by atoms with E-state index in [2.05, 4.69) is 15.8 Å². The number of nitrogens with one attached hydrogen (secondary N) is 3. The molecule has 0 radical (unpaired) electrons. The second-order valence-corrected chi connectivity index (χ2v) is 6.77. The Balaban J connectivity index is 1.60. The summed E-state index contributed by atoms with van der Waals surface area (Å²) in [5.41, 5.74) is 7.83. The summed E-state index contributed by atoms with van der Waals surface area (Å²) in [5.74, 6) is -1.12. The van der Waals surface area contributed by atoms with Crippen LogP contribution in [0.3, 0.4) is 0 Å². The summed E-state index contributed by atoms with van der Waals surface area (Å²) >= 11 is 0. The fourth-order valence-electron chi connectivity index (χ4n) is 3.20. The number of benzene rings is 2. The minimum atomic E-state index is -0.589. The monoisotopic (exact) mass is 421 g/mol. The Morgan fingerprint density at radius 2 is 1.61 bits per heavy atom. The van der Waals surface area contributed by atoms with Crippen LogP contribution < -0.4 is 15.6 Å². The van der Waals surface area contributed by atoms with E-state index < -0.39 is 17.8 Å². The third kappa shape index (κ3) is 4.92. The number of hydrogen-bond donors (Lipinski definition) is 3. The van der Waals surface area contributed by atoms with Crippen molar-refractivity contribution in [3.63, 3.8) is 0 Å². The van der Waals surface area contributed by atoms with Crippen LogP contribution in [0.1, 0.15) is 32.1 Å². The van der Waals surface area contributed by atoms with Crippen molar-refractivity contribution in [2.45, 2.75) is 13.8 Å². The fourth-order valence-corrected chi connectivity index (χ4v) is 3.20. The highest BCUT2D eigenvalue weighted by Crippen LogP contribution is 2.29. The molecule has 3 N–H and O–H groups in total. The molecule has 3 aromatic rings. The quantitative estimate of drug-likeness (QED) is 0.419. The van der Waals surface area contributed by atoms with Crippen molar-refractivity contribution in [1.29, 1.82) is 0 Å². The molecule has 0 saturated carbocycles. The molecular formula is C23H23N3O5. The van der Waals surface area contributed by atoms with Gasteiger partial charge in [-0.05, 0) is 31.0 Å². The summed E-state index contributed by atoms with van der Waals surface area (Å²) in [5, 5.41) is 0. The summed E-state index contributed by atoms with van der Waals surface area (Å²) in [4.78, 5) is 39.3. The number of H-pyrrole nitrogens is 1. The molecule has 8 heteroatoms. The summed E-state index contributed by atoms with van der Waals surface area (Å²) < 4.78 is 10.4. The first-order valence-electron chi connectivity index (χ1n) is 9.56. The number of rotatable bonds is 6. The van der Waals surface area contributed by atoms with Gasteiger partial charge in [-0.1, -0.05) is 48.5 Å². The minimum absolute atomic E-state index is 0.161. The number of hydrogen-bond acceptors (Lipinski definition) is 5. The fraction of sp³-hybridized carbons (Fsp3) is 0.174. The topological polar surface area (TPSA) is 110 Å². The number of methoxy groups -OCH3 is 1. The van der Waals surface area contributed by atoms with Gasteiger partial charge in [-0.3, -0.25) is 20.4 Å². The smallest absolute Gasteiger partial charge is 0.339 e. The zero-order chi connectivity index (χ0) is 22.4. The van der Waals surface area contributed by atoms with Gasteiger partial charge in [0.25, 0.3) is 11.8 Å². The lowest BCUT2D eigenvalue weighted by Gasteiger charge is -2.12. The maximum absolute atomic E-state index is 12.4. The van der Waals surface area contributed by atoms with Crippen molar-refractivity contribution in [3.05, 3.63) is 77.1 Å². The van der Waals surface area contributed by atoms with Gasteiger partial charge < -0.3 is 14.5 Å². The van der Waals surface area contributed by atoms with Crippen molar-refractivity contribution < 1.29 is 23.9 Å². The van der Waals surface area contributed by atoms with E-state index >= 15 is 0 Å². The average Bonchev–Trinajstić information content (AvgIpc) is 3.10. The van der Waals surface area contributed by atoms with E-state index in [-0.39, 0.29) is 12.3 Å². The second kappa shape index (κ2) is 9.62. The lowest BCUT2D eigenvalue weighted by atomic mass is 10.1. The normalized spacial score (nSPS) is 10.3. The molecule has 0 bridgehead atoms. The Kier molecular flexibility index (Phi) is 6.71. The molecule has 0 aliphatic rings. The summed E-state index contributed by atoms with van der Waals surface area (Å²) in [6.07, 6.45) is 0. The van der Waals surface area contributed by atoms with E-state index in [0.717, 1.165) is 11.1 Å². The molecule has 3 rings (SSSR count). The Bertz CT molecular complexity index is 1110. The Morgan fingerprint density at radius 3 is 2.32 bits per heavy atom. The van der Waals surface area contributed by atoms with Gasteiger partial charge in [0.15, 0.2) is 6.61 Å². The molecule has 0 unspecified atom stereocenters. The lowest BCUT2D eigenvalue weighted by Crippen LogP contribution is -2.44. The first-order chi connectivity index (χ1) is 14.9. The maximum atomic E-state index is 12.4. The van der Waals surface area contributed by atoms with E-state index in [4.69, 9.17) is 9.47 Å².